The summed E-state index contributed by atoms with van der Waals surface area (Å²) in [6.07, 6.45) is -0.829. The van der Waals surface area contributed by atoms with E-state index in [2.05, 4.69) is 20.5 Å². The van der Waals surface area contributed by atoms with Gasteiger partial charge >= 0.3 is 12.1 Å². The molecule has 2 aromatic rings. The summed E-state index contributed by atoms with van der Waals surface area (Å²) in [6, 6.07) is 4.77. The highest BCUT2D eigenvalue weighted by molar-refractivity contribution is 6.05. The second-order valence-electron chi connectivity index (χ2n) is 10.1. The average Bonchev–Trinajstić information content (AvgIpc) is 3.50. The number of hydrogen-bond donors (Lipinski definition) is 3. The first-order chi connectivity index (χ1) is 18.4. The van der Waals surface area contributed by atoms with Crippen LogP contribution in [0, 0.1) is 5.92 Å². The third-order valence-electron chi connectivity index (χ3n) is 7.68. The maximum atomic E-state index is 12.9. The fourth-order valence-electron chi connectivity index (χ4n) is 5.62. The highest BCUT2D eigenvalue weighted by atomic mass is 19.4. The Morgan fingerprint density at radius 2 is 1.82 bits per heavy atom. The second-order valence-corrected chi connectivity index (χ2v) is 10.1. The van der Waals surface area contributed by atoms with Crippen molar-refractivity contribution in [2.24, 2.45) is 5.92 Å². The zero-order valence-corrected chi connectivity index (χ0v) is 20.5. The predicted molar refractivity (Wildman–Crippen MR) is 124 cm³/mol. The van der Waals surface area contributed by atoms with Gasteiger partial charge in [0.25, 0.3) is 5.91 Å². The number of carboxylic acids is 1. The maximum absolute atomic E-state index is 12.9. The molecule has 5 aliphatic rings. The Labute approximate surface area is 219 Å². The minimum absolute atomic E-state index is 0.192. The van der Waals surface area contributed by atoms with Gasteiger partial charge in [-0.05, 0) is 62.0 Å². The lowest BCUT2D eigenvalue weighted by Crippen LogP contribution is -2.57. The number of carbonyl (C=O) groups is 4. The normalized spacial score (nSPS) is 28.1. The lowest BCUT2D eigenvalue weighted by atomic mass is 9.74. The molecule has 2 unspecified atom stereocenters. The van der Waals surface area contributed by atoms with E-state index in [1.54, 1.807) is 23.0 Å². The number of hydrogen-bond acceptors (Lipinski definition) is 8. The summed E-state index contributed by atoms with van der Waals surface area (Å²) in [7, 11) is 0. The number of carbonyl (C=O) groups excluding carboxylic acids is 3. The number of aliphatic hydroxyl groups is 1. The largest absolute Gasteiger partial charge is 0.490 e. The number of aromatic nitrogens is 3. The molecule has 7 rings (SSSR count). The molecule has 0 aliphatic carbocycles. The van der Waals surface area contributed by atoms with E-state index in [0.717, 1.165) is 37.2 Å². The molecule has 4 saturated heterocycles. The van der Waals surface area contributed by atoms with Crippen molar-refractivity contribution in [1.82, 2.24) is 30.1 Å². The average molecular weight is 550 g/mol. The Balaban J connectivity index is 0.000000392. The third-order valence-corrected chi connectivity index (χ3v) is 7.68. The van der Waals surface area contributed by atoms with Crippen molar-refractivity contribution in [3.8, 4) is 5.69 Å². The Kier molecular flexibility index (Phi) is 6.66. The van der Waals surface area contributed by atoms with Gasteiger partial charge in [0.1, 0.15) is 17.3 Å². The Morgan fingerprint density at radius 1 is 1.13 bits per heavy atom. The standard InChI is InChI=1S/C22H24N6O4.C2HF3O2/c29-19-4-3-17(20(30)23-19)27-10-13-9-15(1-2-16(13)21(27)31)28-11-18(24-25-28)22(32)12-26-7-5-14(22)6-8-26;3-2(4,5)1(6)7/h1-2,9,11,14,17,32H,3-8,10,12H2,(H,23,29,30);(H,6,7). The first kappa shape index (κ1) is 26.7. The number of benzene rings is 1. The summed E-state index contributed by atoms with van der Waals surface area (Å²) in [5, 5.41) is 29.3. The quantitative estimate of drug-likeness (QED) is 0.465. The fraction of sp³-hybridized carbons (Fsp3) is 0.500. The van der Waals surface area contributed by atoms with Crippen LogP contribution in [0.1, 0.15) is 47.3 Å². The molecule has 2 atom stereocenters. The van der Waals surface area contributed by atoms with Gasteiger partial charge in [0.15, 0.2) is 0 Å². The number of nitrogens with one attached hydrogen (secondary N) is 1. The van der Waals surface area contributed by atoms with Gasteiger partial charge in [-0.3, -0.25) is 19.7 Å². The zero-order valence-electron chi connectivity index (χ0n) is 20.5. The van der Waals surface area contributed by atoms with Crippen LogP contribution in [0.25, 0.3) is 5.69 Å². The monoisotopic (exact) mass is 550 g/mol. The number of amides is 3. The summed E-state index contributed by atoms with van der Waals surface area (Å²) in [5.41, 5.74) is 1.69. The van der Waals surface area contributed by atoms with Crippen LogP contribution in [0.4, 0.5) is 13.2 Å². The van der Waals surface area contributed by atoms with Crippen molar-refractivity contribution in [3.05, 3.63) is 41.2 Å². The van der Waals surface area contributed by atoms with Gasteiger partial charge in [-0.15, -0.1) is 5.10 Å². The van der Waals surface area contributed by atoms with Crippen molar-refractivity contribution < 1.29 is 42.6 Å². The van der Waals surface area contributed by atoms with Gasteiger partial charge in [0, 0.05) is 25.1 Å². The highest BCUT2D eigenvalue weighted by Crippen LogP contribution is 2.41. The number of nitrogens with zero attached hydrogens (tertiary/aromatic N) is 5. The molecule has 0 saturated carbocycles. The third kappa shape index (κ3) is 4.98. The molecule has 12 nitrogen and oxygen atoms in total. The smallest absolute Gasteiger partial charge is 0.475 e. The van der Waals surface area contributed by atoms with E-state index in [0.29, 0.717) is 30.8 Å². The second kappa shape index (κ2) is 9.72. The molecule has 208 valence electrons. The van der Waals surface area contributed by atoms with Gasteiger partial charge in [0.2, 0.25) is 11.8 Å². The van der Waals surface area contributed by atoms with Gasteiger partial charge in [-0.1, -0.05) is 5.21 Å². The summed E-state index contributed by atoms with van der Waals surface area (Å²) < 4.78 is 33.4. The molecule has 4 fully saturated rings. The zero-order chi connectivity index (χ0) is 28.1. The van der Waals surface area contributed by atoms with Crippen LogP contribution in [-0.4, -0.2) is 90.5 Å². The van der Waals surface area contributed by atoms with Crippen LogP contribution in [0.5, 0.6) is 0 Å². The lowest BCUT2D eigenvalue weighted by molar-refractivity contribution is -0.192. The van der Waals surface area contributed by atoms with E-state index in [9.17, 15) is 32.7 Å². The molecule has 3 N–H and O–H groups in total. The summed E-state index contributed by atoms with van der Waals surface area (Å²) in [5.74, 6) is -3.49. The van der Waals surface area contributed by atoms with Gasteiger partial charge in [0.05, 0.1) is 11.9 Å². The van der Waals surface area contributed by atoms with E-state index in [-0.39, 0.29) is 24.2 Å². The number of halogens is 3. The molecule has 5 aliphatic heterocycles. The first-order valence-electron chi connectivity index (χ1n) is 12.3. The van der Waals surface area contributed by atoms with Gasteiger partial charge in [-0.2, -0.15) is 13.2 Å². The minimum atomic E-state index is -5.08. The van der Waals surface area contributed by atoms with Crippen LogP contribution in [0.2, 0.25) is 0 Å². The van der Waals surface area contributed by atoms with Gasteiger partial charge in [-0.25, -0.2) is 9.48 Å². The molecular formula is C24H25F3N6O6. The number of fused-ring (bicyclic) bond motifs is 4. The van der Waals surface area contributed by atoms with Crippen molar-refractivity contribution in [1.29, 1.82) is 0 Å². The van der Waals surface area contributed by atoms with Crippen LogP contribution < -0.4 is 5.32 Å². The fourth-order valence-corrected chi connectivity index (χ4v) is 5.62. The van der Waals surface area contributed by atoms with E-state index in [1.165, 1.54) is 4.90 Å². The minimum Gasteiger partial charge on any atom is -0.475 e. The summed E-state index contributed by atoms with van der Waals surface area (Å²) >= 11 is 0. The van der Waals surface area contributed by atoms with Crippen LogP contribution >= 0.6 is 0 Å². The molecule has 6 heterocycles. The molecule has 0 radical (unpaired) electrons. The van der Waals surface area contributed by atoms with Crippen LogP contribution in [0.3, 0.4) is 0 Å². The van der Waals surface area contributed by atoms with Crippen LogP contribution in [0.15, 0.2) is 24.4 Å². The van der Waals surface area contributed by atoms with Crippen molar-refractivity contribution >= 4 is 23.7 Å². The number of carboxylic acid groups (broad SMARTS) is 1. The van der Waals surface area contributed by atoms with E-state index < -0.39 is 29.7 Å². The Hall–Kier alpha value is -3.85. The number of alkyl halides is 3. The molecule has 2 bridgehead atoms. The van der Waals surface area contributed by atoms with Crippen molar-refractivity contribution in [3.63, 3.8) is 0 Å². The summed E-state index contributed by atoms with van der Waals surface area (Å²) in [6.45, 7) is 2.92. The Bertz CT molecular complexity index is 1340. The van der Waals surface area contributed by atoms with E-state index >= 15 is 0 Å². The molecule has 1 aromatic heterocycles. The lowest BCUT2D eigenvalue weighted by Gasteiger charge is -2.49. The number of rotatable bonds is 3. The number of imide groups is 1. The highest BCUT2D eigenvalue weighted by Gasteiger charge is 2.48. The molecule has 0 spiro atoms. The molecule has 1 aromatic carbocycles. The molecular weight excluding hydrogens is 525 g/mol. The predicted octanol–water partition coefficient (Wildman–Crippen LogP) is 0.575. The van der Waals surface area contributed by atoms with Crippen molar-refractivity contribution in [2.45, 2.75) is 50.0 Å². The van der Waals surface area contributed by atoms with E-state index in [1.807, 2.05) is 6.07 Å². The maximum Gasteiger partial charge on any atom is 0.490 e. The van der Waals surface area contributed by atoms with Crippen molar-refractivity contribution in [2.75, 3.05) is 19.6 Å². The molecule has 3 amide bonds. The number of piperidine rings is 4. The topological polar surface area (TPSA) is 158 Å². The van der Waals surface area contributed by atoms with E-state index in [4.69, 9.17) is 9.90 Å². The molecule has 15 heteroatoms. The molecule has 39 heavy (non-hydrogen) atoms. The van der Waals surface area contributed by atoms with Crippen LogP contribution in [-0.2, 0) is 26.5 Å². The first-order valence-corrected chi connectivity index (χ1v) is 12.3. The summed E-state index contributed by atoms with van der Waals surface area (Å²) in [4.78, 5) is 49.3. The number of aliphatic carboxylic acids is 1. The SMILES string of the molecule is O=C(O)C(F)(F)F.O=C1CCC(N2Cc3cc(-n4cc(C5(O)CN6CCC5CC6)nn4)ccc3C2=O)C(=O)N1. The van der Waals surface area contributed by atoms with Gasteiger partial charge < -0.3 is 20.0 Å². The Morgan fingerprint density at radius 3 is 2.41 bits per heavy atom.